The van der Waals surface area contributed by atoms with E-state index in [-0.39, 0.29) is 22.4 Å². The third kappa shape index (κ3) is 9.08. The average molecular weight is 723 g/mol. The lowest BCUT2D eigenvalue weighted by molar-refractivity contribution is -0.114. The van der Waals surface area contributed by atoms with Crippen molar-refractivity contribution in [3.8, 4) is 0 Å². The van der Waals surface area contributed by atoms with E-state index in [2.05, 4.69) is 16.0 Å². The Hall–Kier alpha value is -4.09. The molecule has 1 aliphatic rings. The number of esters is 1. The van der Waals surface area contributed by atoms with Crippen molar-refractivity contribution in [1.82, 2.24) is 5.32 Å². The van der Waals surface area contributed by atoms with E-state index in [4.69, 9.17) is 27.9 Å². The van der Waals surface area contributed by atoms with Gasteiger partial charge in [0.2, 0.25) is 5.91 Å². The molecule has 0 saturated carbocycles. The Kier molecular flexibility index (Phi) is 12.4. The number of rotatable bonds is 10. The van der Waals surface area contributed by atoms with Crippen LogP contribution >= 0.6 is 46.3 Å². The molecule has 0 spiro atoms. The Morgan fingerprint density at radius 1 is 0.896 bits per heavy atom. The number of hydrogen-bond donors (Lipinski definition) is 3. The van der Waals surface area contributed by atoms with Crippen LogP contribution in [-0.4, -0.2) is 36.6 Å². The number of anilines is 2. The molecule has 1 aromatic heterocycles. The fourth-order valence-electron chi connectivity index (χ4n) is 5.23. The third-order valence-corrected chi connectivity index (χ3v) is 10.6. The van der Waals surface area contributed by atoms with Crippen LogP contribution in [0.25, 0.3) is 6.08 Å². The van der Waals surface area contributed by atoms with Crippen molar-refractivity contribution in [2.24, 2.45) is 0 Å². The Bertz CT molecular complexity index is 1860. The first-order chi connectivity index (χ1) is 23.2. The molecule has 248 valence electrons. The molecule has 8 nitrogen and oxygen atoms in total. The number of halogens is 2. The summed E-state index contributed by atoms with van der Waals surface area (Å²) in [6.45, 7) is 0. The van der Waals surface area contributed by atoms with Gasteiger partial charge in [0.1, 0.15) is 10.7 Å². The number of carbonyl (C=O) groups is 4. The number of amides is 3. The maximum absolute atomic E-state index is 13.5. The smallest absolute Gasteiger partial charge is 0.341 e. The summed E-state index contributed by atoms with van der Waals surface area (Å²) in [4.78, 5) is 54.2. The Morgan fingerprint density at radius 3 is 2.42 bits per heavy atom. The first kappa shape index (κ1) is 35.2. The van der Waals surface area contributed by atoms with E-state index in [1.165, 1.54) is 36.3 Å². The van der Waals surface area contributed by atoms with Gasteiger partial charge in [0.25, 0.3) is 11.8 Å². The molecule has 3 N–H and O–H groups in total. The molecule has 1 heterocycles. The fourth-order valence-corrected chi connectivity index (χ4v) is 7.64. The molecule has 12 heteroatoms. The highest BCUT2D eigenvalue weighted by atomic mass is 35.5. The SMILES string of the molecule is COC(=O)c1c(NC(=O)CSc2cccc(NC(=O)/C(=C\c3cccc(Cl)c3Cl)NC(=O)c3ccccc3)c2)sc2c1CCCCCC2. The van der Waals surface area contributed by atoms with E-state index in [1.807, 2.05) is 6.07 Å². The third-order valence-electron chi connectivity index (χ3n) is 7.59. The minimum absolute atomic E-state index is 0.0445. The van der Waals surface area contributed by atoms with Gasteiger partial charge in [0.15, 0.2) is 0 Å². The summed E-state index contributed by atoms with van der Waals surface area (Å²) >= 11 is 15.3. The lowest BCUT2D eigenvalue weighted by Gasteiger charge is -2.13. The van der Waals surface area contributed by atoms with Crippen molar-refractivity contribution in [2.45, 2.75) is 43.4 Å². The first-order valence-electron chi connectivity index (χ1n) is 15.3. The molecule has 1 aliphatic carbocycles. The molecule has 3 aromatic carbocycles. The van der Waals surface area contributed by atoms with Crippen LogP contribution in [0.5, 0.6) is 0 Å². The zero-order valence-corrected chi connectivity index (χ0v) is 29.2. The van der Waals surface area contributed by atoms with Crippen LogP contribution in [0.3, 0.4) is 0 Å². The van der Waals surface area contributed by atoms with Gasteiger partial charge in [-0.2, -0.15) is 0 Å². The molecular weight excluding hydrogens is 689 g/mol. The number of carbonyl (C=O) groups excluding carboxylic acids is 4. The van der Waals surface area contributed by atoms with E-state index in [1.54, 1.807) is 66.7 Å². The van der Waals surface area contributed by atoms with Gasteiger partial charge >= 0.3 is 5.97 Å². The molecular formula is C36H33Cl2N3O5S2. The van der Waals surface area contributed by atoms with Gasteiger partial charge in [-0.25, -0.2) is 4.79 Å². The molecule has 0 radical (unpaired) electrons. The van der Waals surface area contributed by atoms with Crippen molar-refractivity contribution >= 4 is 86.8 Å². The first-order valence-corrected chi connectivity index (χ1v) is 17.9. The topological polar surface area (TPSA) is 114 Å². The minimum atomic E-state index is -0.584. The van der Waals surface area contributed by atoms with Crippen molar-refractivity contribution in [1.29, 1.82) is 0 Å². The predicted molar refractivity (Wildman–Crippen MR) is 194 cm³/mol. The zero-order valence-electron chi connectivity index (χ0n) is 26.1. The molecule has 0 fully saturated rings. The maximum atomic E-state index is 13.5. The number of thioether (sulfide) groups is 1. The quantitative estimate of drug-likeness (QED) is 0.0859. The van der Waals surface area contributed by atoms with Crippen LogP contribution in [0.4, 0.5) is 10.7 Å². The second-order valence-corrected chi connectivity index (χ2v) is 13.9. The van der Waals surface area contributed by atoms with E-state index in [0.29, 0.717) is 32.4 Å². The van der Waals surface area contributed by atoms with Crippen LogP contribution in [0, 0.1) is 0 Å². The summed E-state index contributed by atoms with van der Waals surface area (Å²) < 4.78 is 5.07. The number of ether oxygens (including phenoxy) is 1. The van der Waals surface area contributed by atoms with E-state index in [0.717, 1.165) is 53.9 Å². The van der Waals surface area contributed by atoms with Gasteiger partial charge in [0, 0.05) is 21.0 Å². The maximum Gasteiger partial charge on any atom is 0.341 e. The summed E-state index contributed by atoms with van der Waals surface area (Å²) in [7, 11) is 1.35. The minimum Gasteiger partial charge on any atom is -0.465 e. The second-order valence-electron chi connectivity index (χ2n) is 11.0. The molecule has 0 unspecified atom stereocenters. The lowest BCUT2D eigenvalue weighted by atomic mass is 9.96. The van der Waals surface area contributed by atoms with E-state index in [9.17, 15) is 19.2 Å². The number of fused-ring (bicyclic) bond motifs is 1. The predicted octanol–water partition coefficient (Wildman–Crippen LogP) is 8.64. The number of nitrogens with one attached hydrogen (secondary N) is 3. The van der Waals surface area contributed by atoms with Gasteiger partial charge in [-0.05, 0) is 79.3 Å². The van der Waals surface area contributed by atoms with E-state index < -0.39 is 17.8 Å². The van der Waals surface area contributed by atoms with Gasteiger partial charge in [-0.3, -0.25) is 14.4 Å². The highest BCUT2D eigenvalue weighted by Gasteiger charge is 2.26. The fraction of sp³-hybridized carbons (Fsp3) is 0.222. The summed E-state index contributed by atoms with van der Waals surface area (Å²) in [6, 6.07) is 20.5. The van der Waals surface area contributed by atoms with Crippen LogP contribution in [0.2, 0.25) is 10.0 Å². The summed E-state index contributed by atoms with van der Waals surface area (Å²) in [5.74, 6) is -1.68. The summed E-state index contributed by atoms with van der Waals surface area (Å²) in [5.41, 5.74) is 2.68. The van der Waals surface area contributed by atoms with Crippen LogP contribution in [-0.2, 0) is 27.2 Å². The number of methoxy groups -OCH3 is 1. The van der Waals surface area contributed by atoms with Gasteiger partial charge in [0.05, 0.1) is 28.5 Å². The standard InChI is InChI=1S/C36H33Cl2N3O5S2/c1-46-36(45)31-26-16-7-2-3-8-18-29(26)48-35(31)41-30(42)21-47-25-15-10-14-24(20-25)39-34(44)28(19-23-13-9-17-27(37)32(23)38)40-33(43)22-11-5-4-6-12-22/h4-6,9-15,17,19-20H,2-3,7-8,16,18,21H2,1H3,(H,39,44)(H,40,43)(H,41,42)/b28-19+. The number of hydrogen-bond acceptors (Lipinski definition) is 7. The van der Waals surface area contributed by atoms with Crippen LogP contribution in [0.15, 0.2) is 83.4 Å². The normalized spacial score (nSPS) is 13.0. The number of thiophene rings is 1. The monoisotopic (exact) mass is 721 g/mol. The Labute approximate surface area is 297 Å². The average Bonchev–Trinajstić information content (AvgIpc) is 3.40. The zero-order chi connectivity index (χ0) is 34.0. The molecule has 4 aromatic rings. The molecule has 0 aliphatic heterocycles. The second kappa shape index (κ2) is 16.8. The largest absolute Gasteiger partial charge is 0.465 e. The van der Waals surface area contributed by atoms with Crippen molar-refractivity contribution < 1.29 is 23.9 Å². The lowest BCUT2D eigenvalue weighted by Crippen LogP contribution is -2.30. The van der Waals surface area contributed by atoms with Crippen molar-refractivity contribution in [3.05, 3.63) is 116 Å². The highest BCUT2D eigenvalue weighted by Crippen LogP contribution is 2.38. The van der Waals surface area contributed by atoms with Crippen molar-refractivity contribution in [2.75, 3.05) is 23.5 Å². The van der Waals surface area contributed by atoms with E-state index >= 15 is 0 Å². The Morgan fingerprint density at radius 2 is 1.65 bits per heavy atom. The van der Waals surface area contributed by atoms with Gasteiger partial charge < -0.3 is 20.7 Å². The molecule has 0 saturated heterocycles. The molecule has 0 atom stereocenters. The van der Waals surface area contributed by atoms with Gasteiger partial charge in [-0.1, -0.05) is 72.4 Å². The summed E-state index contributed by atoms with van der Waals surface area (Å²) in [5, 5.41) is 9.52. The number of aryl methyl sites for hydroxylation is 1. The Balaban J connectivity index is 1.28. The highest BCUT2D eigenvalue weighted by molar-refractivity contribution is 8.00. The molecule has 0 bridgehead atoms. The number of benzene rings is 3. The van der Waals surface area contributed by atoms with Crippen LogP contribution in [0.1, 0.15) is 62.4 Å². The van der Waals surface area contributed by atoms with Crippen molar-refractivity contribution in [3.63, 3.8) is 0 Å². The van der Waals surface area contributed by atoms with Gasteiger partial charge in [-0.15, -0.1) is 23.1 Å². The molecule has 5 rings (SSSR count). The summed E-state index contributed by atoms with van der Waals surface area (Å²) in [6.07, 6.45) is 7.44. The molecule has 48 heavy (non-hydrogen) atoms. The molecule has 3 amide bonds. The van der Waals surface area contributed by atoms with Crippen LogP contribution < -0.4 is 16.0 Å².